The molecule has 0 spiro atoms. The molecule has 1 aromatic heterocycles. The fourth-order valence-corrected chi connectivity index (χ4v) is 5.17. The van der Waals surface area contributed by atoms with Crippen LogP contribution in [0.2, 0.25) is 10.0 Å². The lowest BCUT2D eigenvalue weighted by molar-refractivity contribution is -0.148. The number of hydrogen-bond donors (Lipinski definition) is 1. The minimum absolute atomic E-state index is 0.0591. The number of hydrazone groups is 1. The molecule has 0 saturated carbocycles. The molecule has 0 aliphatic carbocycles. The first kappa shape index (κ1) is 39.5. The van der Waals surface area contributed by atoms with Crippen LogP contribution in [0.4, 0.5) is 33.3 Å². The number of halogens is 7. The number of carbonyl (C=O) groups is 3. The van der Waals surface area contributed by atoms with Crippen molar-refractivity contribution in [2.24, 2.45) is 5.10 Å². The number of ether oxygens (including phenoxy) is 3. The molecule has 0 bridgehead atoms. The summed E-state index contributed by atoms with van der Waals surface area (Å²) >= 11 is 12.2. The zero-order chi connectivity index (χ0) is 38.2. The van der Waals surface area contributed by atoms with Crippen molar-refractivity contribution in [2.45, 2.75) is 38.9 Å². The van der Waals surface area contributed by atoms with Gasteiger partial charge in [-0.1, -0.05) is 29.3 Å². The van der Waals surface area contributed by atoms with E-state index >= 15 is 0 Å². The molecule has 1 atom stereocenters. The maximum absolute atomic E-state index is 13.7. The first-order chi connectivity index (χ1) is 24.6. The fourth-order valence-electron chi connectivity index (χ4n) is 4.69. The van der Waals surface area contributed by atoms with Crippen molar-refractivity contribution in [3.05, 3.63) is 112 Å². The van der Waals surface area contributed by atoms with Crippen LogP contribution >= 0.6 is 23.2 Å². The minimum Gasteiger partial charge on any atom is -0.464 e. The Kier molecular flexibility index (Phi) is 12.8. The average Bonchev–Trinajstić information content (AvgIpc) is 3.45. The van der Waals surface area contributed by atoms with Gasteiger partial charge in [0.2, 0.25) is 5.88 Å². The molecule has 0 saturated heterocycles. The smallest absolute Gasteiger partial charge is 0.416 e. The Morgan fingerprint density at radius 3 is 2.33 bits per heavy atom. The summed E-state index contributed by atoms with van der Waals surface area (Å²) in [5, 5.41) is 8.67. The van der Waals surface area contributed by atoms with Gasteiger partial charge in [-0.15, -0.1) is 0 Å². The minimum atomic E-state index is -4.57. The zero-order valence-corrected chi connectivity index (χ0v) is 29.1. The molecule has 17 heteroatoms. The van der Waals surface area contributed by atoms with Gasteiger partial charge in [-0.2, -0.15) is 18.3 Å². The number of nitrogens with zero attached hydrogens (tertiary/aromatic N) is 3. The van der Waals surface area contributed by atoms with Gasteiger partial charge in [0.05, 0.1) is 35.2 Å². The maximum atomic E-state index is 13.7. The van der Waals surface area contributed by atoms with Gasteiger partial charge in [-0.25, -0.2) is 28.4 Å². The topological polar surface area (TPSA) is 119 Å². The van der Waals surface area contributed by atoms with Crippen LogP contribution < -0.4 is 15.1 Å². The number of benzene rings is 3. The summed E-state index contributed by atoms with van der Waals surface area (Å²) in [5.41, 5.74) is -1.96. The quantitative estimate of drug-likeness (QED) is 0.133. The molecule has 1 aliphatic heterocycles. The second kappa shape index (κ2) is 16.8. The van der Waals surface area contributed by atoms with E-state index in [1.807, 2.05) is 0 Å². The van der Waals surface area contributed by atoms with E-state index in [0.29, 0.717) is 21.8 Å². The van der Waals surface area contributed by atoms with Crippen LogP contribution in [0.15, 0.2) is 84.1 Å². The second-order valence-electron chi connectivity index (χ2n) is 10.9. The number of alkyl halides is 3. The van der Waals surface area contributed by atoms with Gasteiger partial charge in [0.1, 0.15) is 28.7 Å². The number of anilines is 2. The van der Waals surface area contributed by atoms with Gasteiger partial charge in [0.25, 0.3) is 5.91 Å². The lowest BCUT2D eigenvalue weighted by atomic mass is 9.95. The van der Waals surface area contributed by atoms with E-state index in [2.05, 4.69) is 15.4 Å². The molecule has 3 aromatic carbocycles. The highest BCUT2D eigenvalue weighted by Gasteiger charge is 2.49. The largest absolute Gasteiger partial charge is 0.464 e. The highest BCUT2D eigenvalue weighted by Crippen LogP contribution is 2.39. The number of nitrogens with one attached hydrogen (secondary N) is 1. The third kappa shape index (κ3) is 9.53. The van der Waals surface area contributed by atoms with E-state index in [1.165, 1.54) is 29.4 Å². The predicted molar refractivity (Wildman–Crippen MR) is 183 cm³/mol. The molecule has 10 nitrogen and oxygen atoms in total. The number of esters is 2. The van der Waals surface area contributed by atoms with Gasteiger partial charge in [-0.3, -0.25) is 4.79 Å². The Bertz CT molecular complexity index is 2000. The van der Waals surface area contributed by atoms with Gasteiger partial charge in [-0.05, 0) is 81.4 Å². The third-order valence-corrected chi connectivity index (χ3v) is 7.67. The molecule has 5 rings (SSSR count). The lowest BCUT2D eigenvalue weighted by Gasteiger charge is -2.32. The Labute approximate surface area is 304 Å². The number of pyridine rings is 1. The summed E-state index contributed by atoms with van der Waals surface area (Å²) in [6.07, 6.45) is -3.23. The summed E-state index contributed by atoms with van der Waals surface area (Å²) in [4.78, 5) is 40.8. The summed E-state index contributed by atoms with van der Waals surface area (Å²) in [5.74, 6) is -4.17. The third-order valence-electron chi connectivity index (χ3n) is 7.14. The molecular weight excluding hydrogens is 738 g/mol. The maximum Gasteiger partial charge on any atom is 0.416 e. The van der Waals surface area contributed by atoms with Crippen LogP contribution in [-0.2, 0) is 25.2 Å². The standard InChI is InChI=1S/C19H11F5N2O2.C16H18Cl2N2O4/c20-12-6-7-16(15(21)10-12)26-17(27)14-5-2-8-25-18(14)28-13-4-1-3-11(9-13)19(22,23)24;1-4-23-14(21)12-9-16(3,15(22)24-5-2)20(19-12)13-7-6-10(17)8-11(13)18/h1-10H,(H,26,27);6-8H,4-5,9H2,1-3H3. The van der Waals surface area contributed by atoms with E-state index in [1.54, 1.807) is 39.0 Å². The Balaban J connectivity index is 0.000000236. The van der Waals surface area contributed by atoms with E-state index in [4.69, 9.17) is 37.4 Å². The molecule has 1 N–H and O–H groups in total. The van der Waals surface area contributed by atoms with Crippen molar-refractivity contribution in [2.75, 3.05) is 23.5 Å². The number of aromatic nitrogens is 1. The van der Waals surface area contributed by atoms with Crippen LogP contribution in [0.5, 0.6) is 11.6 Å². The van der Waals surface area contributed by atoms with Gasteiger partial charge in [0, 0.05) is 23.7 Å². The van der Waals surface area contributed by atoms with E-state index in [9.17, 15) is 36.3 Å². The zero-order valence-electron chi connectivity index (χ0n) is 27.6. The van der Waals surface area contributed by atoms with Gasteiger partial charge >= 0.3 is 18.1 Å². The van der Waals surface area contributed by atoms with Crippen molar-refractivity contribution in [1.29, 1.82) is 0 Å². The van der Waals surface area contributed by atoms with E-state index in [0.717, 1.165) is 30.3 Å². The molecular formula is C35H29Cl2F5N4O6. The molecule has 4 aromatic rings. The van der Waals surface area contributed by atoms with Crippen molar-refractivity contribution in [3.8, 4) is 11.6 Å². The van der Waals surface area contributed by atoms with Crippen LogP contribution in [0.25, 0.3) is 0 Å². The first-order valence-corrected chi connectivity index (χ1v) is 16.1. The normalized spacial score (nSPS) is 15.2. The number of rotatable bonds is 9. The lowest BCUT2D eigenvalue weighted by Crippen LogP contribution is -2.48. The average molecular weight is 768 g/mol. The van der Waals surface area contributed by atoms with Gasteiger partial charge in [0.15, 0.2) is 5.54 Å². The molecule has 1 unspecified atom stereocenters. The summed E-state index contributed by atoms with van der Waals surface area (Å²) < 4.78 is 80.6. The number of carbonyl (C=O) groups excluding carboxylic acids is 3. The van der Waals surface area contributed by atoms with Crippen molar-refractivity contribution >= 4 is 58.1 Å². The molecule has 2 heterocycles. The summed E-state index contributed by atoms with van der Waals surface area (Å²) in [6, 6.07) is 14.1. The second-order valence-corrected chi connectivity index (χ2v) is 11.8. The summed E-state index contributed by atoms with van der Waals surface area (Å²) in [6.45, 7) is 5.49. The van der Waals surface area contributed by atoms with Crippen LogP contribution in [-0.4, -0.2) is 47.3 Å². The fraction of sp³-hybridized carbons (Fsp3) is 0.229. The molecule has 52 heavy (non-hydrogen) atoms. The molecule has 274 valence electrons. The molecule has 1 aliphatic rings. The predicted octanol–water partition coefficient (Wildman–Crippen LogP) is 8.87. The number of hydrogen-bond acceptors (Lipinski definition) is 9. The molecule has 0 fully saturated rings. The monoisotopic (exact) mass is 766 g/mol. The SMILES string of the molecule is CCOC(=O)C1=NN(c2ccc(Cl)cc2Cl)C(C)(C(=O)OCC)C1.O=C(Nc1ccc(F)cc1F)c1cccnc1Oc1cccc(C(F)(F)F)c1. The van der Waals surface area contributed by atoms with E-state index < -0.39 is 46.8 Å². The highest BCUT2D eigenvalue weighted by atomic mass is 35.5. The highest BCUT2D eigenvalue weighted by molar-refractivity contribution is 6.39. The van der Waals surface area contributed by atoms with Crippen molar-refractivity contribution in [1.82, 2.24) is 4.98 Å². The van der Waals surface area contributed by atoms with Crippen LogP contribution in [0.3, 0.4) is 0 Å². The van der Waals surface area contributed by atoms with Crippen molar-refractivity contribution in [3.63, 3.8) is 0 Å². The molecule has 0 radical (unpaired) electrons. The first-order valence-electron chi connectivity index (χ1n) is 15.3. The molecule has 1 amide bonds. The van der Waals surface area contributed by atoms with Crippen LogP contribution in [0.1, 0.15) is 43.1 Å². The van der Waals surface area contributed by atoms with E-state index in [-0.39, 0.29) is 48.2 Å². The van der Waals surface area contributed by atoms with Crippen molar-refractivity contribution < 1.29 is 50.5 Å². The van der Waals surface area contributed by atoms with Crippen LogP contribution in [0, 0.1) is 11.6 Å². The Hall–Kier alpha value is -5.28. The number of amides is 1. The summed E-state index contributed by atoms with van der Waals surface area (Å²) in [7, 11) is 0. The van der Waals surface area contributed by atoms with Gasteiger partial charge < -0.3 is 19.5 Å². The Morgan fingerprint density at radius 1 is 0.942 bits per heavy atom. The Morgan fingerprint density at radius 2 is 1.67 bits per heavy atom.